The molecule has 0 fully saturated rings. The van der Waals surface area contributed by atoms with Gasteiger partial charge in [-0.05, 0) is 0 Å². The SMILES string of the molecule is O=C1c2nc(-c3c(F)c(F)c(F)c(F)c3F)sc2-c2sc(-c3c(F)c(F)c(F)c(F)c3F)nc21. The van der Waals surface area contributed by atoms with Gasteiger partial charge >= 0.3 is 0 Å². The third kappa shape index (κ3) is 2.79. The average molecular weight is 526 g/mol. The quantitative estimate of drug-likeness (QED) is 0.149. The second kappa shape index (κ2) is 7.33. The Morgan fingerprint density at radius 1 is 0.441 bits per heavy atom. The molecule has 0 amide bonds. The molecule has 0 aliphatic heterocycles. The Morgan fingerprint density at radius 2 is 0.706 bits per heavy atom. The molecule has 0 saturated carbocycles. The van der Waals surface area contributed by atoms with E-state index >= 15 is 0 Å². The molecule has 2 heterocycles. The summed E-state index contributed by atoms with van der Waals surface area (Å²) in [7, 11) is 0. The second-order valence-corrected chi connectivity index (χ2v) is 8.61. The summed E-state index contributed by atoms with van der Waals surface area (Å²) in [5.41, 5.74) is -3.81. The van der Waals surface area contributed by atoms with Crippen LogP contribution in [-0.4, -0.2) is 15.8 Å². The van der Waals surface area contributed by atoms with Crippen molar-refractivity contribution in [2.75, 3.05) is 0 Å². The van der Waals surface area contributed by atoms with E-state index in [-0.39, 0.29) is 9.75 Å². The predicted octanol–water partition coefficient (Wildman–Crippen LogP) is 6.54. The van der Waals surface area contributed by atoms with Gasteiger partial charge in [0.1, 0.15) is 21.4 Å². The van der Waals surface area contributed by atoms with Crippen LogP contribution >= 0.6 is 22.7 Å². The number of hydrogen-bond donors (Lipinski definition) is 0. The summed E-state index contributed by atoms with van der Waals surface area (Å²) in [6, 6.07) is 0. The molecule has 174 valence electrons. The van der Waals surface area contributed by atoms with E-state index in [0.29, 0.717) is 22.7 Å². The van der Waals surface area contributed by atoms with Gasteiger partial charge in [-0.25, -0.2) is 53.9 Å². The zero-order valence-corrected chi connectivity index (χ0v) is 17.0. The maximum atomic E-state index is 14.1. The number of carbonyl (C=O) groups excluding carboxylic acids is 1. The molecule has 2 aromatic carbocycles. The Kier molecular flexibility index (Phi) is 4.84. The van der Waals surface area contributed by atoms with Crippen LogP contribution in [0.2, 0.25) is 0 Å². The fourth-order valence-electron chi connectivity index (χ4n) is 3.17. The third-order valence-electron chi connectivity index (χ3n) is 4.74. The molecule has 1 aliphatic rings. The smallest absolute Gasteiger partial charge is 0.232 e. The normalized spacial score (nSPS) is 12.5. The van der Waals surface area contributed by atoms with E-state index in [9.17, 15) is 48.7 Å². The number of carbonyl (C=O) groups is 1. The van der Waals surface area contributed by atoms with Gasteiger partial charge in [-0.15, -0.1) is 22.7 Å². The standard InChI is InChI=1S/C19F10N2OS2/c20-3-1(4(21)8(25)11(28)7(3)24)18-30-13-15(32)14-17(16(13)33-18)34-19(31-14)2-5(22)9(26)12(29)10(27)6(2)23. The highest BCUT2D eigenvalue weighted by molar-refractivity contribution is 7.25. The van der Waals surface area contributed by atoms with Crippen LogP contribution in [-0.2, 0) is 0 Å². The largest absolute Gasteiger partial charge is 0.285 e. The summed E-state index contributed by atoms with van der Waals surface area (Å²) in [4.78, 5) is 19.4. The molecule has 1 aliphatic carbocycles. The first-order chi connectivity index (χ1) is 16.0. The van der Waals surface area contributed by atoms with Crippen molar-refractivity contribution in [2.24, 2.45) is 0 Å². The number of nitrogens with zero attached hydrogens (tertiary/aromatic N) is 2. The van der Waals surface area contributed by atoms with Crippen LogP contribution in [0, 0.1) is 58.2 Å². The van der Waals surface area contributed by atoms with Crippen LogP contribution < -0.4 is 0 Å². The van der Waals surface area contributed by atoms with Gasteiger partial charge in [0.15, 0.2) is 46.5 Å². The molecule has 0 N–H and O–H groups in total. The lowest BCUT2D eigenvalue weighted by atomic mass is 10.1. The van der Waals surface area contributed by atoms with E-state index in [2.05, 4.69) is 9.97 Å². The molecule has 0 unspecified atom stereocenters. The summed E-state index contributed by atoms with van der Waals surface area (Å²) in [5, 5.41) is -1.55. The molecule has 0 spiro atoms. The molecule has 0 radical (unpaired) electrons. The minimum absolute atomic E-state index is 0.202. The molecule has 3 nitrogen and oxygen atoms in total. The number of halogens is 10. The van der Waals surface area contributed by atoms with E-state index in [1.54, 1.807) is 0 Å². The fraction of sp³-hybridized carbons (Fsp3) is 0. The van der Waals surface area contributed by atoms with Crippen molar-refractivity contribution in [1.29, 1.82) is 0 Å². The lowest BCUT2D eigenvalue weighted by Crippen LogP contribution is -2.05. The Morgan fingerprint density at radius 3 is 1.00 bits per heavy atom. The van der Waals surface area contributed by atoms with E-state index in [1.807, 2.05) is 0 Å². The molecular weight excluding hydrogens is 526 g/mol. The van der Waals surface area contributed by atoms with Crippen molar-refractivity contribution in [3.05, 3.63) is 69.6 Å². The van der Waals surface area contributed by atoms with Crippen molar-refractivity contribution in [1.82, 2.24) is 9.97 Å². The number of benzene rings is 2. The number of aromatic nitrogens is 2. The third-order valence-corrected chi connectivity index (χ3v) is 7.05. The highest BCUT2D eigenvalue weighted by Gasteiger charge is 2.39. The minimum atomic E-state index is -2.41. The maximum absolute atomic E-state index is 14.1. The molecule has 2 aromatic heterocycles. The van der Waals surface area contributed by atoms with Gasteiger partial charge in [-0.1, -0.05) is 0 Å². The van der Waals surface area contributed by atoms with Crippen LogP contribution in [0.5, 0.6) is 0 Å². The van der Waals surface area contributed by atoms with Crippen molar-refractivity contribution in [3.8, 4) is 30.9 Å². The maximum Gasteiger partial charge on any atom is 0.232 e. The monoisotopic (exact) mass is 526 g/mol. The number of fused-ring (bicyclic) bond motifs is 3. The van der Waals surface area contributed by atoms with Crippen molar-refractivity contribution in [2.45, 2.75) is 0 Å². The van der Waals surface area contributed by atoms with Gasteiger partial charge < -0.3 is 0 Å². The number of rotatable bonds is 2. The highest BCUT2D eigenvalue weighted by Crippen LogP contribution is 2.49. The Balaban J connectivity index is 1.69. The van der Waals surface area contributed by atoms with Crippen molar-refractivity contribution < 1.29 is 48.7 Å². The van der Waals surface area contributed by atoms with Crippen molar-refractivity contribution >= 4 is 28.5 Å². The van der Waals surface area contributed by atoms with Gasteiger partial charge in [0.2, 0.25) is 17.4 Å². The average Bonchev–Trinajstić information content (AvgIpc) is 3.48. The van der Waals surface area contributed by atoms with Crippen LogP contribution in [0.3, 0.4) is 0 Å². The number of thiazole rings is 2. The fourth-order valence-corrected chi connectivity index (χ4v) is 5.49. The molecule has 0 saturated heterocycles. The first kappa shape index (κ1) is 22.5. The zero-order chi connectivity index (χ0) is 24.8. The molecule has 5 rings (SSSR count). The first-order valence-corrected chi connectivity index (χ1v) is 10.2. The van der Waals surface area contributed by atoms with Crippen LogP contribution in [0.4, 0.5) is 43.9 Å². The molecule has 15 heteroatoms. The van der Waals surface area contributed by atoms with Crippen LogP contribution in [0.25, 0.3) is 30.9 Å². The van der Waals surface area contributed by atoms with Gasteiger partial charge in [0.25, 0.3) is 0 Å². The van der Waals surface area contributed by atoms with Gasteiger partial charge in [-0.2, -0.15) is 0 Å². The Labute approximate surface area is 187 Å². The molecule has 4 aromatic rings. The van der Waals surface area contributed by atoms with E-state index < -0.39 is 96.5 Å². The van der Waals surface area contributed by atoms with E-state index in [4.69, 9.17) is 0 Å². The number of hydrogen-bond acceptors (Lipinski definition) is 5. The highest BCUT2D eigenvalue weighted by atomic mass is 32.1. The molecular formula is C19F10N2OS2. The summed E-state index contributed by atoms with van der Waals surface area (Å²) in [6.07, 6.45) is 0. The summed E-state index contributed by atoms with van der Waals surface area (Å²) < 4.78 is 137. The minimum Gasteiger partial charge on any atom is -0.285 e. The summed E-state index contributed by atoms with van der Waals surface area (Å²) in [6.45, 7) is 0. The van der Waals surface area contributed by atoms with Gasteiger partial charge in [-0.3, -0.25) is 4.79 Å². The topological polar surface area (TPSA) is 42.9 Å². The van der Waals surface area contributed by atoms with E-state index in [1.165, 1.54) is 0 Å². The summed E-state index contributed by atoms with van der Waals surface area (Å²) in [5.74, 6) is -23.7. The molecule has 34 heavy (non-hydrogen) atoms. The summed E-state index contributed by atoms with van der Waals surface area (Å²) >= 11 is 0.612. The van der Waals surface area contributed by atoms with Crippen LogP contribution in [0.15, 0.2) is 0 Å². The molecule has 0 bridgehead atoms. The second-order valence-electron chi connectivity index (χ2n) is 6.61. The zero-order valence-electron chi connectivity index (χ0n) is 15.4. The Bertz CT molecular complexity index is 1420. The number of ketones is 1. The van der Waals surface area contributed by atoms with Crippen LogP contribution in [0.1, 0.15) is 16.2 Å². The Hall–Kier alpha value is -3.33. The van der Waals surface area contributed by atoms with Crippen molar-refractivity contribution in [3.63, 3.8) is 0 Å². The lowest BCUT2D eigenvalue weighted by Gasteiger charge is -2.05. The van der Waals surface area contributed by atoms with Gasteiger partial charge in [0.05, 0.1) is 20.9 Å². The predicted molar refractivity (Wildman–Crippen MR) is 97.1 cm³/mol. The molecule has 0 atom stereocenters. The first-order valence-electron chi connectivity index (χ1n) is 8.55. The lowest BCUT2D eigenvalue weighted by molar-refractivity contribution is 0.103. The van der Waals surface area contributed by atoms with Gasteiger partial charge in [0, 0.05) is 0 Å². The van der Waals surface area contributed by atoms with E-state index in [0.717, 1.165) is 0 Å².